The lowest BCUT2D eigenvalue weighted by Crippen LogP contribution is -2.13. The second kappa shape index (κ2) is 7.57. The van der Waals surface area contributed by atoms with Crippen molar-refractivity contribution < 1.29 is 14.2 Å². The van der Waals surface area contributed by atoms with Crippen molar-refractivity contribution in [2.45, 2.75) is 12.8 Å². The van der Waals surface area contributed by atoms with Gasteiger partial charge in [-0.25, -0.2) is 4.39 Å². The fourth-order valence-electron chi connectivity index (χ4n) is 2.33. The maximum Gasteiger partial charge on any atom is 0.133 e. The highest BCUT2D eigenvalue weighted by Gasteiger charge is 2.11. The molecular formula is C17H18BrFO2. The quantitative estimate of drug-likeness (QED) is 0.851. The summed E-state index contributed by atoms with van der Waals surface area (Å²) in [6, 6.07) is 12.3. The van der Waals surface area contributed by atoms with Crippen LogP contribution in [-0.4, -0.2) is 18.8 Å². The molecule has 0 fully saturated rings. The number of hydrogen-bond acceptors (Lipinski definition) is 2. The Labute approximate surface area is 132 Å². The van der Waals surface area contributed by atoms with Gasteiger partial charge in [-0.2, -0.15) is 0 Å². The predicted octanol–water partition coefficient (Wildman–Crippen LogP) is 3.99. The van der Waals surface area contributed by atoms with E-state index in [2.05, 4.69) is 15.9 Å². The minimum absolute atomic E-state index is 0.0982. The van der Waals surface area contributed by atoms with E-state index in [9.17, 15) is 9.50 Å². The van der Waals surface area contributed by atoms with Crippen molar-refractivity contribution in [2.24, 2.45) is 5.92 Å². The van der Waals surface area contributed by atoms with Crippen LogP contribution in [0, 0.1) is 11.7 Å². The number of hydrogen-bond donors (Lipinski definition) is 1. The highest BCUT2D eigenvalue weighted by Crippen LogP contribution is 2.27. The van der Waals surface area contributed by atoms with Gasteiger partial charge < -0.3 is 9.84 Å². The van der Waals surface area contributed by atoms with Crippen LogP contribution in [0.25, 0.3) is 0 Å². The van der Waals surface area contributed by atoms with Crippen LogP contribution >= 0.6 is 15.9 Å². The normalized spacial score (nSPS) is 12.2. The molecule has 0 aliphatic heterocycles. The summed E-state index contributed by atoms with van der Waals surface area (Å²) in [5, 5.41) is 9.56. The predicted molar refractivity (Wildman–Crippen MR) is 85.1 cm³/mol. The second-order valence-corrected chi connectivity index (χ2v) is 5.91. The van der Waals surface area contributed by atoms with E-state index in [-0.39, 0.29) is 18.3 Å². The van der Waals surface area contributed by atoms with Crippen LogP contribution in [0.15, 0.2) is 46.9 Å². The molecule has 1 unspecified atom stereocenters. The van der Waals surface area contributed by atoms with Crippen LogP contribution in [0.5, 0.6) is 5.75 Å². The molecular weight excluding hydrogens is 335 g/mol. The molecule has 4 heteroatoms. The first-order chi connectivity index (χ1) is 10.1. The standard InChI is InChI=1S/C17H18BrFO2/c1-21-17-7-4-13(10-16(17)18)9-14(11-20)8-12-2-5-15(19)6-3-12/h2-7,10,14,20H,8-9,11H2,1H3. The molecule has 0 aliphatic rings. The molecule has 2 nitrogen and oxygen atoms in total. The van der Waals surface area contributed by atoms with Crippen molar-refractivity contribution in [2.75, 3.05) is 13.7 Å². The smallest absolute Gasteiger partial charge is 0.133 e. The molecule has 0 bridgehead atoms. The van der Waals surface area contributed by atoms with Crippen LogP contribution in [0.2, 0.25) is 0 Å². The largest absolute Gasteiger partial charge is 0.496 e. The van der Waals surface area contributed by atoms with E-state index in [1.165, 1.54) is 12.1 Å². The molecule has 21 heavy (non-hydrogen) atoms. The third-order valence-electron chi connectivity index (χ3n) is 3.44. The molecule has 2 rings (SSSR count). The van der Waals surface area contributed by atoms with Crippen molar-refractivity contribution in [3.63, 3.8) is 0 Å². The lowest BCUT2D eigenvalue weighted by molar-refractivity contribution is 0.225. The average molecular weight is 353 g/mol. The summed E-state index contributed by atoms with van der Waals surface area (Å²) in [6.07, 6.45) is 1.48. The van der Waals surface area contributed by atoms with E-state index < -0.39 is 0 Å². The van der Waals surface area contributed by atoms with Gasteiger partial charge in [0.1, 0.15) is 11.6 Å². The fraction of sp³-hybridized carbons (Fsp3) is 0.294. The van der Waals surface area contributed by atoms with Gasteiger partial charge in [-0.1, -0.05) is 18.2 Å². The zero-order valence-corrected chi connectivity index (χ0v) is 13.4. The molecule has 0 amide bonds. The molecule has 0 aromatic heterocycles. The Kier molecular flexibility index (Phi) is 5.76. The highest BCUT2D eigenvalue weighted by molar-refractivity contribution is 9.10. The van der Waals surface area contributed by atoms with Crippen molar-refractivity contribution in [1.82, 2.24) is 0 Å². The number of methoxy groups -OCH3 is 1. The van der Waals surface area contributed by atoms with Crippen molar-refractivity contribution >= 4 is 15.9 Å². The Morgan fingerprint density at radius 3 is 2.29 bits per heavy atom. The monoisotopic (exact) mass is 352 g/mol. The number of aliphatic hydroxyl groups is 1. The van der Waals surface area contributed by atoms with E-state index in [0.717, 1.165) is 34.2 Å². The van der Waals surface area contributed by atoms with Crippen molar-refractivity contribution in [1.29, 1.82) is 0 Å². The lowest BCUT2D eigenvalue weighted by Gasteiger charge is -2.15. The van der Waals surface area contributed by atoms with E-state index in [0.29, 0.717) is 0 Å². The molecule has 0 heterocycles. The van der Waals surface area contributed by atoms with Gasteiger partial charge in [-0.15, -0.1) is 0 Å². The molecule has 0 saturated heterocycles. The van der Waals surface area contributed by atoms with E-state index in [1.807, 2.05) is 18.2 Å². The molecule has 2 aromatic rings. The Hall–Kier alpha value is -1.39. The molecule has 2 aromatic carbocycles. The van der Waals surface area contributed by atoms with Gasteiger partial charge in [0, 0.05) is 6.61 Å². The van der Waals surface area contributed by atoms with Gasteiger partial charge in [0.05, 0.1) is 11.6 Å². The molecule has 1 N–H and O–H groups in total. The topological polar surface area (TPSA) is 29.5 Å². The Balaban J connectivity index is 2.05. The van der Waals surface area contributed by atoms with E-state index in [1.54, 1.807) is 19.2 Å². The van der Waals surface area contributed by atoms with Gasteiger partial charge in [0.25, 0.3) is 0 Å². The number of rotatable bonds is 6. The SMILES string of the molecule is COc1ccc(CC(CO)Cc2ccc(F)cc2)cc1Br. The van der Waals surface area contributed by atoms with Gasteiger partial charge in [0.15, 0.2) is 0 Å². The van der Waals surface area contributed by atoms with Crippen LogP contribution in [0.1, 0.15) is 11.1 Å². The molecule has 0 radical (unpaired) electrons. The Morgan fingerprint density at radius 2 is 1.71 bits per heavy atom. The third-order valence-corrected chi connectivity index (χ3v) is 4.06. The summed E-state index contributed by atoms with van der Waals surface area (Å²) < 4.78 is 19.0. The van der Waals surface area contributed by atoms with Gasteiger partial charge in [-0.05, 0) is 70.1 Å². The summed E-state index contributed by atoms with van der Waals surface area (Å²) in [4.78, 5) is 0. The first kappa shape index (κ1) is 16.0. The summed E-state index contributed by atoms with van der Waals surface area (Å²) in [5.41, 5.74) is 2.16. The number of halogens is 2. The first-order valence-electron chi connectivity index (χ1n) is 6.80. The lowest BCUT2D eigenvalue weighted by atomic mass is 9.93. The highest BCUT2D eigenvalue weighted by atomic mass is 79.9. The number of ether oxygens (including phenoxy) is 1. The van der Waals surface area contributed by atoms with Gasteiger partial charge in [-0.3, -0.25) is 0 Å². The third kappa shape index (κ3) is 4.55. The molecule has 0 saturated carbocycles. The molecule has 0 aliphatic carbocycles. The number of aliphatic hydroxyl groups excluding tert-OH is 1. The van der Waals surface area contributed by atoms with Crippen molar-refractivity contribution in [3.8, 4) is 5.75 Å². The molecule has 0 spiro atoms. The molecule has 1 atom stereocenters. The van der Waals surface area contributed by atoms with Crippen LogP contribution < -0.4 is 4.74 Å². The number of benzene rings is 2. The maximum absolute atomic E-state index is 12.9. The minimum atomic E-state index is -0.238. The fourth-order valence-corrected chi connectivity index (χ4v) is 2.91. The Morgan fingerprint density at radius 1 is 1.10 bits per heavy atom. The van der Waals surface area contributed by atoms with Gasteiger partial charge >= 0.3 is 0 Å². The van der Waals surface area contributed by atoms with Crippen LogP contribution in [0.3, 0.4) is 0 Å². The Bertz CT molecular complexity index is 584. The van der Waals surface area contributed by atoms with Crippen LogP contribution in [-0.2, 0) is 12.8 Å². The van der Waals surface area contributed by atoms with E-state index >= 15 is 0 Å². The minimum Gasteiger partial charge on any atom is -0.496 e. The van der Waals surface area contributed by atoms with Gasteiger partial charge in [0.2, 0.25) is 0 Å². The summed E-state index contributed by atoms with van der Waals surface area (Å²) in [7, 11) is 1.63. The second-order valence-electron chi connectivity index (χ2n) is 5.05. The van der Waals surface area contributed by atoms with Crippen molar-refractivity contribution in [3.05, 3.63) is 63.9 Å². The van der Waals surface area contributed by atoms with Crippen LogP contribution in [0.4, 0.5) is 4.39 Å². The first-order valence-corrected chi connectivity index (χ1v) is 7.59. The molecule has 112 valence electrons. The average Bonchev–Trinajstić information content (AvgIpc) is 2.49. The summed E-state index contributed by atoms with van der Waals surface area (Å²) in [5.74, 6) is 0.659. The zero-order chi connectivity index (χ0) is 15.2. The maximum atomic E-state index is 12.9. The summed E-state index contributed by atoms with van der Waals surface area (Å²) in [6.45, 7) is 0.0982. The summed E-state index contributed by atoms with van der Waals surface area (Å²) >= 11 is 3.46. The van der Waals surface area contributed by atoms with E-state index in [4.69, 9.17) is 4.74 Å². The zero-order valence-electron chi connectivity index (χ0n) is 11.9.